The lowest BCUT2D eigenvalue weighted by atomic mass is 10.3. The molecule has 0 bridgehead atoms. The standard InChI is InChI=1S/C8H9ClN2O2/c1-5-2-6(10-7(12)3-5)11-8(13)4-9/h2-3H,4H2,1H3,(H2,10,11,12,13). The number of carbonyl (C=O) groups excluding carboxylic acids is 1. The van der Waals surface area contributed by atoms with Gasteiger partial charge in [-0.3, -0.25) is 9.59 Å². The summed E-state index contributed by atoms with van der Waals surface area (Å²) in [5.74, 6) is -0.103. The number of rotatable bonds is 2. The zero-order chi connectivity index (χ0) is 9.84. The Labute approximate surface area is 79.9 Å². The molecule has 0 aliphatic rings. The zero-order valence-electron chi connectivity index (χ0n) is 7.06. The first kappa shape index (κ1) is 9.80. The maximum atomic E-state index is 10.9. The van der Waals surface area contributed by atoms with Gasteiger partial charge < -0.3 is 10.3 Å². The highest BCUT2D eigenvalue weighted by Crippen LogP contribution is 2.02. The largest absolute Gasteiger partial charge is 0.311 e. The van der Waals surface area contributed by atoms with E-state index in [9.17, 15) is 9.59 Å². The van der Waals surface area contributed by atoms with Crippen molar-refractivity contribution < 1.29 is 4.79 Å². The summed E-state index contributed by atoms with van der Waals surface area (Å²) in [7, 11) is 0. The molecule has 0 radical (unpaired) electrons. The number of hydrogen-bond donors (Lipinski definition) is 2. The predicted octanol–water partition coefficient (Wildman–Crippen LogP) is 0.861. The number of aromatic nitrogens is 1. The number of amides is 1. The third-order valence-electron chi connectivity index (χ3n) is 1.38. The van der Waals surface area contributed by atoms with Gasteiger partial charge in [-0.25, -0.2) is 0 Å². The monoisotopic (exact) mass is 200 g/mol. The maximum Gasteiger partial charge on any atom is 0.249 e. The quantitative estimate of drug-likeness (QED) is 0.696. The van der Waals surface area contributed by atoms with Crippen LogP contribution in [0.1, 0.15) is 5.56 Å². The molecule has 0 unspecified atom stereocenters. The van der Waals surface area contributed by atoms with Gasteiger partial charge in [0.1, 0.15) is 11.7 Å². The fourth-order valence-electron chi connectivity index (χ4n) is 0.932. The second-order valence-corrected chi connectivity index (χ2v) is 2.88. The topological polar surface area (TPSA) is 62.0 Å². The smallest absolute Gasteiger partial charge is 0.249 e. The molecule has 1 aromatic rings. The van der Waals surface area contributed by atoms with E-state index in [2.05, 4.69) is 10.3 Å². The molecule has 0 aromatic carbocycles. The summed E-state index contributed by atoms with van der Waals surface area (Å²) in [6, 6.07) is 3.10. The summed E-state index contributed by atoms with van der Waals surface area (Å²) in [4.78, 5) is 24.2. The molecule has 2 N–H and O–H groups in total. The van der Waals surface area contributed by atoms with Crippen molar-refractivity contribution in [1.29, 1.82) is 0 Å². The summed E-state index contributed by atoms with van der Waals surface area (Å²) in [6.07, 6.45) is 0. The van der Waals surface area contributed by atoms with Gasteiger partial charge in [0, 0.05) is 6.07 Å². The number of hydrogen-bond acceptors (Lipinski definition) is 2. The minimum Gasteiger partial charge on any atom is -0.311 e. The first-order valence-electron chi connectivity index (χ1n) is 3.68. The van der Waals surface area contributed by atoms with Gasteiger partial charge >= 0.3 is 0 Å². The molecule has 5 heteroatoms. The fraction of sp³-hybridized carbons (Fsp3) is 0.250. The zero-order valence-corrected chi connectivity index (χ0v) is 7.81. The lowest BCUT2D eigenvalue weighted by Crippen LogP contribution is -2.17. The summed E-state index contributed by atoms with van der Waals surface area (Å²) < 4.78 is 0. The van der Waals surface area contributed by atoms with Crippen molar-refractivity contribution in [1.82, 2.24) is 4.98 Å². The lowest BCUT2D eigenvalue weighted by Gasteiger charge is -2.02. The molecule has 1 heterocycles. The second kappa shape index (κ2) is 4.09. The van der Waals surface area contributed by atoms with Gasteiger partial charge in [0.05, 0.1) is 0 Å². The Balaban J connectivity index is 2.89. The van der Waals surface area contributed by atoms with Crippen LogP contribution >= 0.6 is 11.6 Å². The molecule has 0 atom stereocenters. The van der Waals surface area contributed by atoms with Crippen molar-refractivity contribution in [3.63, 3.8) is 0 Å². The summed E-state index contributed by atoms with van der Waals surface area (Å²) in [5.41, 5.74) is 0.540. The van der Waals surface area contributed by atoms with Gasteiger partial charge in [-0.2, -0.15) is 0 Å². The molecule has 0 fully saturated rings. The van der Waals surface area contributed by atoms with Gasteiger partial charge in [-0.1, -0.05) is 0 Å². The highest BCUT2D eigenvalue weighted by atomic mass is 35.5. The van der Waals surface area contributed by atoms with E-state index in [1.54, 1.807) is 13.0 Å². The number of halogens is 1. The van der Waals surface area contributed by atoms with Crippen molar-refractivity contribution in [3.8, 4) is 0 Å². The van der Waals surface area contributed by atoms with Crippen LogP contribution in [0.3, 0.4) is 0 Å². The Morgan fingerprint density at radius 1 is 1.62 bits per heavy atom. The van der Waals surface area contributed by atoms with Crippen molar-refractivity contribution in [2.45, 2.75) is 6.92 Å². The number of alkyl halides is 1. The molecule has 13 heavy (non-hydrogen) atoms. The van der Waals surface area contributed by atoms with Crippen molar-refractivity contribution in [2.75, 3.05) is 11.2 Å². The van der Waals surface area contributed by atoms with Crippen molar-refractivity contribution in [2.24, 2.45) is 0 Å². The van der Waals surface area contributed by atoms with E-state index in [4.69, 9.17) is 11.6 Å². The molecule has 0 aliphatic heterocycles. The van der Waals surface area contributed by atoms with E-state index in [0.29, 0.717) is 5.82 Å². The number of H-pyrrole nitrogens is 1. The Morgan fingerprint density at radius 2 is 2.31 bits per heavy atom. The van der Waals surface area contributed by atoms with Crippen LogP contribution in [0.2, 0.25) is 0 Å². The van der Waals surface area contributed by atoms with Crippen LogP contribution in [0, 0.1) is 6.92 Å². The van der Waals surface area contributed by atoms with Gasteiger partial charge in [0.25, 0.3) is 0 Å². The normalized spacial score (nSPS) is 9.69. The number of aromatic amines is 1. The summed E-state index contributed by atoms with van der Waals surface area (Å²) >= 11 is 5.28. The van der Waals surface area contributed by atoms with E-state index in [-0.39, 0.29) is 17.3 Å². The fourth-order valence-corrected chi connectivity index (χ4v) is 0.999. The number of nitrogens with one attached hydrogen (secondary N) is 2. The molecule has 1 aromatic heterocycles. The Kier molecular flexibility index (Phi) is 3.08. The van der Waals surface area contributed by atoms with Crippen molar-refractivity contribution in [3.05, 3.63) is 28.0 Å². The number of anilines is 1. The molecule has 0 aliphatic carbocycles. The molecular weight excluding hydrogens is 192 g/mol. The number of carbonyl (C=O) groups is 1. The number of aryl methyl sites for hydroxylation is 1. The van der Waals surface area contributed by atoms with Crippen LogP contribution in [-0.4, -0.2) is 16.8 Å². The molecule has 1 amide bonds. The maximum absolute atomic E-state index is 10.9. The number of pyridine rings is 1. The molecule has 4 nitrogen and oxygen atoms in total. The van der Waals surface area contributed by atoms with E-state index < -0.39 is 0 Å². The van der Waals surface area contributed by atoms with Crippen LogP contribution in [0.4, 0.5) is 5.82 Å². The van der Waals surface area contributed by atoms with Crippen LogP contribution in [0.5, 0.6) is 0 Å². The Hall–Kier alpha value is -1.29. The summed E-state index contributed by atoms with van der Waals surface area (Å²) in [5, 5.41) is 2.45. The first-order valence-corrected chi connectivity index (χ1v) is 4.22. The third kappa shape index (κ3) is 2.91. The van der Waals surface area contributed by atoms with Gasteiger partial charge in [0.15, 0.2) is 0 Å². The second-order valence-electron chi connectivity index (χ2n) is 2.62. The molecule has 0 saturated carbocycles. The molecule has 0 spiro atoms. The Bertz CT molecular complexity index is 373. The molecule has 70 valence electrons. The first-order chi connectivity index (χ1) is 6.11. The van der Waals surface area contributed by atoms with Gasteiger partial charge in [0.2, 0.25) is 11.5 Å². The molecule has 1 rings (SSSR count). The minimum atomic E-state index is -0.345. The third-order valence-corrected chi connectivity index (χ3v) is 1.63. The Morgan fingerprint density at radius 3 is 2.85 bits per heavy atom. The van der Waals surface area contributed by atoms with Crippen LogP contribution in [-0.2, 0) is 4.79 Å². The van der Waals surface area contributed by atoms with Crippen LogP contribution in [0.15, 0.2) is 16.9 Å². The average Bonchev–Trinajstić information content (AvgIpc) is 2.02. The van der Waals surface area contributed by atoms with Gasteiger partial charge in [-0.15, -0.1) is 11.6 Å². The van der Waals surface area contributed by atoms with Gasteiger partial charge in [-0.05, 0) is 18.6 Å². The SMILES string of the molecule is Cc1cc(NC(=O)CCl)[nH]c(=O)c1. The van der Waals surface area contributed by atoms with E-state index >= 15 is 0 Å². The van der Waals surface area contributed by atoms with Crippen LogP contribution < -0.4 is 10.9 Å². The molecule has 0 saturated heterocycles. The van der Waals surface area contributed by atoms with Crippen LogP contribution in [0.25, 0.3) is 0 Å². The highest BCUT2D eigenvalue weighted by Gasteiger charge is 2.00. The minimum absolute atomic E-state index is 0.129. The predicted molar refractivity (Wildman–Crippen MR) is 51.1 cm³/mol. The lowest BCUT2D eigenvalue weighted by molar-refractivity contribution is -0.113. The van der Waals surface area contributed by atoms with E-state index in [0.717, 1.165) is 5.56 Å². The summed E-state index contributed by atoms with van der Waals surface area (Å²) in [6.45, 7) is 1.77. The average molecular weight is 201 g/mol. The van der Waals surface area contributed by atoms with E-state index in [1.807, 2.05) is 0 Å². The molecular formula is C8H9ClN2O2. The highest BCUT2D eigenvalue weighted by molar-refractivity contribution is 6.28. The van der Waals surface area contributed by atoms with E-state index in [1.165, 1.54) is 6.07 Å². The van der Waals surface area contributed by atoms with Crippen molar-refractivity contribution >= 4 is 23.3 Å².